The van der Waals surface area contributed by atoms with Gasteiger partial charge in [-0.1, -0.05) is 12.2 Å². The normalized spacial score (nSPS) is 29.8. The largest absolute Gasteiger partial charge is 0.394 e. The van der Waals surface area contributed by atoms with E-state index in [2.05, 4.69) is 52.1 Å². The van der Waals surface area contributed by atoms with Crippen LogP contribution in [0.15, 0.2) is 57.9 Å². The van der Waals surface area contributed by atoms with Crippen molar-refractivity contribution in [3.05, 3.63) is 74.8 Å². The highest BCUT2D eigenvalue weighted by Crippen LogP contribution is 2.58. The lowest BCUT2D eigenvalue weighted by Gasteiger charge is -2.27. The molecular formula is C38H49N16O18P3S3. The van der Waals surface area contributed by atoms with Gasteiger partial charge in [-0.2, -0.15) is 15.0 Å². The first-order valence-electron chi connectivity index (χ1n) is 23.2. The Morgan fingerprint density at radius 2 is 1.14 bits per heavy atom. The van der Waals surface area contributed by atoms with Gasteiger partial charge >= 0.3 is 31.6 Å². The molecule has 6 aromatic rings. The maximum atomic E-state index is 14.3. The van der Waals surface area contributed by atoms with Crippen LogP contribution in [0.25, 0.3) is 22.3 Å². The molecule has 0 bridgehead atoms. The first kappa shape index (κ1) is 56.5. The van der Waals surface area contributed by atoms with E-state index in [1.165, 1.54) is 52.6 Å². The van der Waals surface area contributed by atoms with Crippen LogP contribution in [0.1, 0.15) is 50.6 Å². The molecule has 4 saturated heterocycles. The number of nitrogens with zero attached hydrogens (tertiary/aromatic N) is 11. The number of aliphatic hydroxyl groups excluding tert-OH is 2. The highest BCUT2D eigenvalue weighted by atomic mass is 32.7. The SMILES string of the molecule is Nc1ccn([C@H]2CC(O)[C@@H](COP(O)(=S)OC3C[C@H](n4cnc5c(N)ncnc54)O[C@@H]3COP(=O)(S)OC3C[C@H](n4ccc(N)nc4=O)O[C@@H]3COP(O)(=S)OC3C[C@H](n4cnc5c(=O)[nH]c(N)nc54)O[C@@H]3CO)O2)c(=O)n1. The Morgan fingerprint density at radius 3 is 1.73 bits per heavy atom. The number of aromatic amines is 1. The van der Waals surface area contributed by atoms with Gasteiger partial charge in [0.2, 0.25) is 5.95 Å². The zero-order valence-corrected chi connectivity index (χ0v) is 45.2. The van der Waals surface area contributed by atoms with E-state index in [-0.39, 0.29) is 71.4 Å². The first-order chi connectivity index (χ1) is 37.0. The molecule has 0 aromatic carbocycles. The van der Waals surface area contributed by atoms with Crippen molar-refractivity contribution in [3.8, 4) is 0 Å². The number of aliphatic hydroxyl groups is 2. The third-order valence-corrected chi connectivity index (χ3v) is 17.5. The smallest absolute Gasteiger partial charge is 0.386 e. The molecule has 0 spiro atoms. The molecule has 422 valence electrons. The number of H-pyrrole nitrogens is 1. The number of hydrogen-bond acceptors (Lipinski definition) is 29. The standard InChI is InChI=1S/C38H49N16O18P3S3/c39-24-1-3-51(37(58)47-24)26-5-16(56)21(67-26)10-63-73(60,76)72-19-8-28(53-14-45-30-32(41)43-13-44-33(30)53)69-23(19)12-65-75(62,78)71-18-7-27(52-4-2-25(40)48-38(52)59)68-22(18)11-64-74(61,77)70-17-6-29(66-20(17)9-55)54-15-46-31-34(54)49-36(42)50-35(31)57/h1-4,13-23,26-29,55-56H,5-12H2,(H,60,76)(H,61,77)(H,62,78)(H2,39,47,58)(H2,40,48,59)(H2,41,43,44)(H3,42,49,50,57)/t16?,17?,18?,19?,20-,21-,22-,23-,26-,27-,28-,29-,73?,74?,75?/m1/s1. The van der Waals surface area contributed by atoms with E-state index in [1.54, 1.807) is 0 Å². The zero-order valence-electron chi connectivity index (χ0n) is 40.0. The number of rotatable bonds is 20. The highest BCUT2D eigenvalue weighted by Gasteiger charge is 2.47. The second-order valence-electron chi connectivity index (χ2n) is 17.9. The molecule has 4 fully saturated rings. The molecule has 4 aliphatic rings. The Balaban J connectivity index is 0.822. The van der Waals surface area contributed by atoms with Crippen molar-refractivity contribution < 1.29 is 70.7 Å². The Bertz CT molecular complexity index is 3540. The summed E-state index contributed by atoms with van der Waals surface area (Å²) in [5.41, 5.74) is 21.6. The van der Waals surface area contributed by atoms with Crippen LogP contribution >= 0.6 is 32.5 Å². The second kappa shape index (κ2) is 22.6. The van der Waals surface area contributed by atoms with Gasteiger partial charge in [-0.05, 0) is 35.7 Å². The van der Waals surface area contributed by atoms with Gasteiger partial charge in [0, 0.05) is 38.1 Å². The number of nitrogens with two attached hydrogens (primary N) is 4. The summed E-state index contributed by atoms with van der Waals surface area (Å²) in [6, 6.07) is 2.73. The molecule has 0 amide bonds. The zero-order chi connectivity index (χ0) is 55.4. The molecule has 0 saturated carbocycles. The molecule has 78 heavy (non-hydrogen) atoms. The number of ether oxygens (including phenoxy) is 4. The van der Waals surface area contributed by atoms with Crippen molar-refractivity contribution >= 4 is 102 Å². The van der Waals surface area contributed by atoms with Crippen molar-refractivity contribution in [3.63, 3.8) is 0 Å². The lowest BCUT2D eigenvalue weighted by Crippen LogP contribution is -2.31. The Hall–Kier alpha value is -4.82. The number of aromatic nitrogens is 12. The van der Waals surface area contributed by atoms with Crippen molar-refractivity contribution in [2.75, 3.05) is 49.4 Å². The molecule has 10 heterocycles. The van der Waals surface area contributed by atoms with Crippen LogP contribution in [0.3, 0.4) is 0 Å². The minimum Gasteiger partial charge on any atom is -0.394 e. The van der Waals surface area contributed by atoms with Gasteiger partial charge in [-0.25, -0.2) is 34.1 Å². The third-order valence-electron chi connectivity index (χ3n) is 12.7. The van der Waals surface area contributed by atoms with Crippen LogP contribution < -0.4 is 39.9 Å². The van der Waals surface area contributed by atoms with Gasteiger partial charge in [-0.15, -0.1) is 0 Å². The number of nitrogen functional groups attached to an aromatic ring is 4. The molecule has 7 unspecified atom stereocenters. The van der Waals surface area contributed by atoms with Gasteiger partial charge in [0.15, 0.2) is 22.6 Å². The molecule has 0 aliphatic carbocycles. The van der Waals surface area contributed by atoms with E-state index in [0.717, 1.165) is 9.13 Å². The van der Waals surface area contributed by atoms with Gasteiger partial charge in [0.05, 0.1) is 57.4 Å². The summed E-state index contributed by atoms with van der Waals surface area (Å²) >= 11 is 15.1. The van der Waals surface area contributed by atoms with Crippen molar-refractivity contribution in [1.29, 1.82) is 0 Å². The topological polar surface area (TPSA) is 471 Å². The van der Waals surface area contributed by atoms with Gasteiger partial charge in [0.25, 0.3) is 5.56 Å². The van der Waals surface area contributed by atoms with Crippen molar-refractivity contribution in [2.24, 2.45) is 0 Å². The van der Waals surface area contributed by atoms with E-state index in [4.69, 9.17) is 92.6 Å². The van der Waals surface area contributed by atoms with Crippen LogP contribution in [-0.2, 0) is 74.3 Å². The summed E-state index contributed by atoms with van der Waals surface area (Å²) < 4.78 is 78.8. The predicted molar refractivity (Wildman–Crippen MR) is 277 cm³/mol. The highest BCUT2D eigenvalue weighted by molar-refractivity contribution is 8.44. The molecule has 0 radical (unpaired) electrons. The molecular weight excluding hydrogens is 1160 g/mol. The number of fused-ring (bicyclic) bond motifs is 2. The molecule has 40 heteroatoms. The lowest BCUT2D eigenvalue weighted by atomic mass is 10.2. The van der Waals surface area contributed by atoms with Crippen LogP contribution in [0.4, 0.5) is 23.4 Å². The van der Waals surface area contributed by atoms with Gasteiger partial charge < -0.3 is 80.0 Å². The molecule has 10 rings (SSSR count). The first-order valence-corrected chi connectivity index (χ1v) is 31.1. The molecule has 15 atom stereocenters. The van der Waals surface area contributed by atoms with Crippen molar-refractivity contribution in [2.45, 2.75) is 99.4 Å². The quantitative estimate of drug-likeness (QED) is 0.0323. The van der Waals surface area contributed by atoms with Crippen LogP contribution in [-0.4, -0.2) is 153 Å². The summed E-state index contributed by atoms with van der Waals surface area (Å²) in [5.74, 6) is -0.182. The summed E-state index contributed by atoms with van der Waals surface area (Å²) in [6.07, 6.45) is -7.07. The van der Waals surface area contributed by atoms with E-state index in [9.17, 15) is 38.9 Å². The van der Waals surface area contributed by atoms with Gasteiger partial charge in [0.1, 0.15) is 78.9 Å². The second-order valence-corrected chi connectivity index (χ2v) is 26.3. The van der Waals surface area contributed by atoms with Gasteiger partial charge in [-0.3, -0.25) is 37.1 Å². The van der Waals surface area contributed by atoms with Crippen molar-refractivity contribution in [1.82, 2.24) is 58.1 Å². The fourth-order valence-electron chi connectivity index (χ4n) is 9.08. The summed E-state index contributed by atoms with van der Waals surface area (Å²) in [5, 5.41) is 21.0. The van der Waals surface area contributed by atoms with E-state index >= 15 is 0 Å². The van der Waals surface area contributed by atoms with Crippen LogP contribution in [0.2, 0.25) is 0 Å². The Morgan fingerprint density at radius 1 is 0.654 bits per heavy atom. The van der Waals surface area contributed by atoms with Crippen LogP contribution in [0.5, 0.6) is 0 Å². The third kappa shape index (κ3) is 12.4. The fraction of sp³-hybridized carbons (Fsp3) is 0.526. The van der Waals surface area contributed by atoms with E-state index in [1.807, 2.05) is 0 Å². The van der Waals surface area contributed by atoms with Crippen LogP contribution in [0, 0.1) is 0 Å². The Labute approximate surface area is 452 Å². The molecule has 13 N–H and O–H groups in total. The summed E-state index contributed by atoms with van der Waals surface area (Å²) in [6.45, 7) is -15.4. The van der Waals surface area contributed by atoms with E-state index < -0.39 is 137 Å². The number of thiol groups is 1. The predicted octanol–water partition coefficient (Wildman–Crippen LogP) is -1.02. The fourth-order valence-corrected chi connectivity index (χ4v) is 13.6. The molecule has 4 aliphatic heterocycles. The average molecular weight is 1210 g/mol. The maximum Gasteiger partial charge on any atom is 0.386 e. The average Bonchev–Trinajstić information content (AvgIpc) is 4.29. The lowest BCUT2D eigenvalue weighted by molar-refractivity contribution is -0.0547. The number of imidazole rings is 2. The minimum absolute atomic E-state index is 0.00679. The summed E-state index contributed by atoms with van der Waals surface area (Å²) in [7, 11) is 0. The number of anilines is 4. The monoisotopic (exact) mass is 1210 g/mol. The van der Waals surface area contributed by atoms with E-state index in [0.29, 0.717) is 0 Å². The summed E-state index contributed by atoms with van der Waals surface area (Å²) in [4.78, 5) is 91.2. The maximum absolute atomic E-state index is 14.3. The number of nitrogens with one attached hydrogen (secondary N) is 1. The Kier molecular flexibility index (Phi) is 16.4. The number of hydrogen-bond donors (Lipinski definition) is 10. The minimum atomic E-state index is -4.54. The molecule has 6 aromatic heterocycles. The molecule has 34 nitrogen and oxygen atoms in total.